The van der Waals surface area contributed by atoms with Gasteiger partial charge in [0.15, 0.2) is 0 Å². The van der Waals surface area contributed by atoms with Crippen molar-refractivity contribution in [2.45, 2.75) is 91.1 Å². The molecule has 4 heteroatoms. The summed E-state index contributed by atoms with van der Waals surface area (Å²) < 4.78 is 0. The first kappa shape index (κ1) is 23.0. The summed E-state index contributed by atoms with van der Waals surface area (Å²) in [5, 5.41) is 28.6. The van der Waals surface area contributed by atoms with Crippen molar-refractivity contribution in [2.24, 2.45) is 40.4 Å². The number of carboxylic acids is 1. The van der Waals surface area contributed by atoms with Crippen LogP contribution in [0.25, 0.3) is 0 Å². The van der Waals surface area contributed by atoms with Crippen LogP contribution in [0.5, 0.6) is 0 Å². The van der Waals surface area contributed by atoms with Crippen LogP contribution in [0.2, 0.25) is 0 Å². The van der Waals surface area contributed by atoms with Gasteiger partial charge in [0.1, 0.15) is 0 Å². The number of allylic oxidation sites excluding steroid dienone is 2. The number of hydrogen-bond donors (Lipinski definition) is 3. The fourth-order valence-electron chi connectivity index (χ4n) is 8.56. The fraction of sp³-hybridized carbons (Fsp3) is 0.815. The first-order chi connectivity index (χ1) is 14.7. The number of hydrogen-bond acceptors (Lipinski definition) is 3. The Morgan fingerprint density at radius 2 is 1.97 bits per heavy atom. The third-order valence-corrected chi connectivity index (χ3v) is 10.3. The highest BCUT2D eigenvalue weighted by molar-refractivity contribution is 5.86. The summed E-state index contributed by atoms with van der Waals surface area (Å²) in [5.41, 5.74) is 2.37. The van der Waals surface area contributed by atoms with Gasteiger partial charge in [0.25, 0.3) is 0 Å². The normalized spacial score (nSPS) is 43.5. The zero-order valence-electron chi connectivity index (χ0n) is 19.6. The zero-order chi connectivity index (χ0) is 22.4. The minimum absolute atomic E-state index is 0.124. The molecule has 0 amide bonds. The second-order valence-corrected chi connectivity index (χ2v) is 11.6. The van der Waals surface area contributed by atoms with Gasteiger partial charge in [-0.05, 0) is 105 Å². The SMILES string of the molecule is C[C@H](CC/C=C(/CO)C(=O)O)C1CCC2[C@@H]3CC=C4C[C@@H](O)CC[C@]4(C)C3CC[C@@]21C. The van der Waals surface area contributed by atoms with Crippen molar-refractivity contribution in [3.63, 3.8) is 0 Å². The molecule has 3 unspecified atom stereocenters. The molecular formula is C27H42O4. The van der Waals surface area contributed by atoms with E-state index in [1.165, 1.54) is 32.1 Å². The van der Waals surface area contributed by atoms with Crippen molar-refractivity contribution in [3.05, 3.63) is 23.3 Å². The van der Waals surface area contributed by atoms with Crippen molar-refractivity contribution in [1.29, 1.82) is 0 Å². The first-order valence-electron chi connectivity index (χ1n) is 12.6. The molecule has 0 aliphatic heterocycles. The Hall–Kier alpha value is -1.13. The van der Waals surface area contributed by atoms with Crippen LogP contribution in [0.1, 0.15) is 85.0 Å². The third kappa shape index (κ3) is 3.93. The number of aliphatic hydroxyl groups is 2. The standard InChI is InChI=1S/C27H42O4/c1-17(5-4-6-18(16-28)25(30)31)22-9-10-23-21-8-7-19-15-20(29)11-13-26(19,2)24(21)12-14-27(22,23)3/h6-7,17,20-24,28-29H,4-5,8-16H2,1-3H3,(H,30,31)/b18-6-/t17-,20+,21+,22?,23?,24?,26+,27-/m1/s1. The van der Waals surface area contributed by atoms with E-state index >= 15 is 0 Å². The number of carboxylic acid groups (broad SMARTS) is 1. The van der Waals surface area contributed by atoms with Crippen molar-refractivity contribution in [1.82, 2.24) is 0 Å². The first-order valence-corrected chi connectivity index (χ1v) is 12.6. The molecule has 4 rings (SSSR count). The van der Waals surface area contributed by atoms with Gasteiger partial charge in [-0.15, -0.1) is 0 Å². The summed E-state index contributed by atoms with van der Waals surface area (Å²) in [7, 11) is 0. The number of rotatable bonds is 6. The summed E-state index contributed by atoms with van der Waals surface area (Å²) in [4.78, 5) is 11.1. The van der Waals surface area contributed by atoms with E-state index < -0.39 is 5.97 Å². The van der Waals surface area contributed by atoms with E-state index in [2.05, 4.69) is 26.8 Å². The predicted octanol–water partition coefficient (Wildman–Crippen LogP) is 5.35. The largest absolute Gasteiger partial charge is 0.478 e. The predicted molar refractivity (Wildman–Crippen MR) is 122 cm³/mol. The summed E-state index contributed by atoms with van der Waals surface area (Å²) >= 11 is 0. The van der Waals surface area contributed by atoms with Gasteiger partial charge in [-0.2, -0.15) is 0 Å². The van der Waals surface area contributed by atoms with Crippen LogP contribution in [0.4, 0.5) is 0 Å². The molecule has 0 spiro atoms. The van der Waals surface area contributed by atoms with Crippen LogP contribution < -0.4 is 0 Å². The minimum Gasteiger partial charge on any atom is -0.478 e. The van der Waals surface area contributed by atoms with E-state index in [0.29, 0.717) is 22.7 Å². The fourth-order valence-corrected chi connectivity index (χ4v) is 8.56. The lowest BCUT2D eigenvalue weighted by Crippen LogP contribution is -2.50. The van der Waals surface area contributed by atoms with Gasteiger partial charge in [-0.25, -0.2) is 4.79 Å². The molecule has 0 aromatic rings. The van der Waals surface area contributed by atoms with Crippen LogP contribution >= 0.6 is 0 Å². The number of aliphatic hydroxyl groups excluding tert-OH is 2. The molecule has 4 aliphatic carbocycles. The van der Waals surface area contributed by atoms with Gasteiger partial charge >= 0.3 is 5.97 Å². The molecule has 0 radical (unpaired) electrons. The van der Waals surface area contributed by atoms with E-state index in [-0.39, 0.29) is 18.3 Å². The maximum absolute atomic E-state index is 11.1. The Kier molecular flexibility index (Phi) is 6.44. The smallest absolute Gasteiger partial charge is 0.333 e. The maximum atomic E-state index is 11.1. The Morgan fingerprint density at radius 3 is 2.68 bits per heavy atom. The molecular weight excluding hydrogens is 388 g/mol. The van der Waals surface area contributed by atoms with Gasteiger partial charge in [-0.3, -0.25) is 0 Å². The second-order valence-electron chi connectivity index (χ2n) is 11.6. The van der Waals surface area contributed by atoms with E-state index in [9.17, 15) is 15.0 Å². The monoisotopic (exact) mass is 430 g/mol. The van der Waals surface area contributed by atoms with Crippen LogP contribution in [-0.2, 0) is 4.79 Å². The average molecular weight is 431 g/mol. The molecule has 3 N–H and O–H groups in total. The summed E-state index contributed by atoms with van der Waals surface area (Å²) in [5.74, 6) is 2.63. The van der Waals surface area contributed by atoms with E-state index in [1.54, 1.807) is 11.6 Å². The molecule has 3 fully saturated rings. The Balaban J connectivity index is 1.46. The number of aliphatic carboxylic acids is 1. The molecule has 4 nitrogen and oxygen atoms in total. The van der Waals surface area contributed by atoms with Gasteiger partial charge in [0.05, 0.1) is 18.3 Å². The molecule has 31 heavy (non-hydrogen) atoms. The second kappa shape index (κ2) is 8.67. The lowest BCUT2D eigenvalue weighted by atomic mass is 9.47. The minimum atomic E-state index is -1.00. The van der Waals surface area contributed by atoms with Gasteiger partial charge < -0.3 is 15.3 Å². The van der Waals surface area contributed by atoms with Gasteiger partial charge in [0.2, 0.25) is 0 Å². The molecule has 8 atom stereocenters. The molecule has 4 aliphatic rings. The Morgan fingerprint density at radius 1 is 1.19 bits per heavy atom. The molecule has 0 heterocycles. The summed E-state index contributed by atoms with van der Waals surface area (Å²) in [6.07, 6.45) is 15.3. The van der Waals surface area contributed by atoms with Crippen LogP contribution in [0.15, 0.2) is 23.3 Å². The number of carbonyl (C=O) groups is 1. The maximum Gasteiger partial charge on any atom is 0.333 e. The van der Waals surface area contributed by atoms with Crippen molar-refractivity contribution in [3.8, 4) is 0 Å². The quantitative estimate of drug-likeness (QED) is 0.392. The number of fused-ring (bicyclic) bond motifs is 5. The van der Waals surface area contributed by atoms with E-state index in [1.807, 2.05) is 0 Å². The molecule has 0 saturated heterocycles. The molecule has 0 aromatic heterocycles. The molecule has 3 saturated carbocycles. The molecule has 0 bridgehead atoms. The zero-order valence-corrected chi connectivity index (χ0v) is 19.6. The van der Waals surface area contributed by atoms with Crippen molar-refractivity contribution in [2.75, 3.05) is 6.61 Å². The highest BCUT2D eigenvalue weighted by atomic mass is 16.4. The van der Waals surface area contributed by atoms with Gasteiger partial charge in [-0.1, -0.05) is 38.5 Å². The van der Waals surface area contributed by atoms with Crippen LogP contribution in [-0.4, -0.2) is 34.0 Å². The van der Waals surface area contributed by atoms with E-state index in [0.717, 1.165) is 49.9 Å². The lowest BCUT2D eigenvalue weighted by molar-refractivity contribution is -0.133. The van der Waals surface area contributed by atoms with Gasteiger partial charge in [0, 0.05) is 0 Å². The average Bonchev–Trinajstić information content (AvgIpc) is 3.08. The van der Waals surface area contributed by atoms with Crippen molar-refractivity contribution >= 4 is 5.97 Å². The molecule has 174 valence electrons. The lowest BCUT2D eigenvalue weighted by Gasteiger charge is -2.58. The highest BCUT2D eigenvalue weighted by Gasteiger charge is 2.59. The topological polar surface area (TPSA) is 77.8 Å². The van der Waals surface area contributed by atoms with Crippen molar-refractivity contribution < 1.29 is 20.1 Å². The molecule has 0 aromatic carbocycles. The Labute approximate surface area is 187 Å². The van der Waals surface area contributed by atoms with E-state index in [4.69, 9.17) is 5.11 Å². The summed E-state index contributed by atoms with van der Waals surface area (Å²) in [6, 6.07) is 0. The van der Waals surface area contributed by atoms with Crippen LogP contribution in [0, 0.1) is 40.4 Å². The highest BCUT2D eigenvalue weighted by Crippen LogP contribution is 2.67. The third-order valence-electron chi connectivity index (χ3n) is 10.3. The summed E-state index contributed by atoms with van der Waals surface area (Å²) in [6.45, 7) is 7.02. The van der Waals surface area contributed by atoms with Crippen LogP contribution in [0.3, 0.4) is 0 Å². The Bertz CT molecular complexity index is 754.